The van der Waals surface area contributed by atoms with E-state index in [1.807, 2.05) is 6.07 Å². The van der Waals surface area contributed by atoms with E-state index in [0.717, 1.165) is 29.4 Å². The lowest BCUT2D eigenvalue weighted by Gasteiger charge is -2.22. The van der Waals surface area contributed by atoms with E-state index in [1.165, 1.54) is 7.11 Å². The fraction of sp³-hybridized carbons (Fsp3) is 0.571. The third-order valence-corrected chi connectivity index (χ3v) is 3.43. The summed E-state index contributed by atoms with van der Waals surface area (Å²) in [5, 5.41) is 19.2. The normalized spacial score (nSPS) is 11.0. The Morgan fingerprint density at radius 2 is 2.05 bits per heavy atom. The molecular formula is C14H22BrNO3. The van der Waals surface area contributed by atoms with E-state index in [4.69, 9.17) is 9.84 Å². The largest absolute Gasteiger partial charge is 0.504 e. The monoisotopic (exact) mass is 331 g/mol. The lowest BCUT2D eigenvalue weighted by Crippen LogP contribution is -2.27. The minimum absolute atomic E-state index is 0.121. The molecule has 0 saturated heterocycles. The molecule has 0 unspecified atom stereocenters. The smallest absolute Gasteiger partial charge is 0.162 e. The second kappa shape index (κ2) is 8.40. The lowest BCUT2D eigenvalue weighted by molar-refractivity contribution is 0.186. The third-order valence-electron chi connectivity index (χ3n) is 2.98. The Morgan fingerprint density at radius 1 is 1.32 bits per heavy atom. The number of phenolic OH excluding ortho intramolecular Hbond substituents is 1. The molecule has 5 heteroatoms. The van der Waals surface area contributed by atoms with Gasteiger partial charge in [-0.2, -0.15) is 0 Å². The van der Waals surface area contributed by atoms with Crippen molar-refractivity contribution in [1.82, 2.24) is 4.90 Å². The predicted octanol–water partition coefficient (Wildman–Crippen LogP) is 2.76. The van der Waals surface area contributed by atoms with Crippen molar-refractivity contribution in [2.24, 2.45) is 0 Å². The molecule has 19 heavy (non-hydrogen) atoms. The molecular weight excluding hydrogens is 310 g/mol. The summed E-state index contributed by atoms with van der Waals surface area (Å²) >= 11 is 3.41. The quantitative estimate of drug-likeness (QED) is 0.769. The van der Waals surface area contributed by atoms with Crippen molar-refractivity contribution < 1.29 is 14.9 Å². The average Bonchev–Trinajstić information content (AvgIpc) is 2.39. The summed E-state index contributed by atoms with van der Waals surface area (Å²) in [4.78, 5) is 2.13. The number of phenols is 1. The summed E-state index contributed by atoms with van der Waals surface area (Å²) in [6, 6.07) is 3.62. The molecule has 4 nitrogen and oxygen atoms in total. The number of halogens is 1. The second-order valence-electron chi connectivity index (χ2n) is 4.47. The Balaban J connectivity index is 2.85. The van der Waals surface area contributed by atoms with Crippen LogP contribution in [0, 0.1) is 0 Å². The van der Waals surface area contributed by atoms with E-state index in [9.17, 15) is 5.11 Å². The highest BCUT2D eigenvalue weighted by Crippen LogP contribution is 2.34. The van der Waals surface area contributed by atoms with Gasteiger partial charge < -0.3 is 14.9 Å². The maximum atomic E-state index is 10.1. The molecule has 0 fully saturated rings. The number of aliphatic hydroxyl groups is 1. The molecule has 1 rings (SSSR count). The van der Waals surface area contributed by atoms with Gasteiger partial charge in [-0.15, -0.1) is 0 Å². The predicted molar refractivity (Wildman–Crippen MR) is 79.6 cm³/mol. The van der Waals surface area contributed by atoms with E-state index in [0.29, 0.717) is 18.8 Å². The number of hydrogen-bond donors (Lipinski definition) is 2. The van der Waals surface area contributed by atoms with Crippen LogP contribution >= 0.6 is 15.9 Å². The van der Waals surface area contributed by atoms with Crippen molar-refractivity contribution in [1.29, 1.82) is 0 Å². The van der Waals surface area contributed by atoms with Crippen LogP contribution in [-0.4, -0.2) is 41.9 Å². The van der Waals surface area contributed by atoms with Gasteiger partial charge in [-0.25, -0.2) is 0 Å². The van der Waals surface area contributed by atoms with Crippen LogP contribution in [0.1, 0.15) is 25.3 Å². The summed E-state index contributed by atoms with van der Waals surface area (Å²) in [6.07, 6.45) is 2.18. The first-order valence-electron chi connectivity index (χ1n) is 6.51. The van der Waals surface area contributed by atoms with Crippen LogP contribution < -0.4 is 4.74 Å². The molecule has 0 aliphatic carbocycles. The Bertz CT molecular complexity index is 399. The minimum Gasteiger partial charge on any atom is -0.504 e. The molecule has 0 spiro atoms. The van der Waals surface area contributed by atoms with Crippen LogP contribution in [-0.2, 0) is 6.54 Å². The van der Waals surface area contributed by atoms with Crippen molar-refractivity contribution in [2.45, 2.75) is 26.3 Å². The highest BCUT2D eigenvalue weighted by atomic mass is 79.9. The molecule has 0 radical (unpaired) electrons. The molecule has 1 aromatic carbocycles. The van der Waals surface area contributed by atoms with Gasteiger partial charge in [0.05, 0.1) is 13.7 Å². The van der Waals surface area contributed by atoms with Crippen molar-refractivity contribution in [3.05, 3.63) is 22.2 Å². The van der Waals surface area contributed by atoms with Crippen LogP contribution in [0.4, 0.5) is 0 Å². The molecule has 0 amide bonds. The van der Waals surface area contributed by atoms with E-state index >= 15 is 0 Å². The number of ether oxygens (including phenoxy) is 1. The summed E-state index contributed by atoms with van der Waals surface area (Å²) in [7, 11) is 1.54. The van der Waals surface area contributed by atoms with Crippen LogP contribution in [0.2, 0.25) is 0 Å². The molecule has 0 aliphatic rings. The first kappa shape index (κ1) is 16.3. The van der Waals surface area contributed by atoms with Gasteiger partial charge in [0.25, 0.3) is 0 Å². The summed E-state index contributed by atoms with van der Waals surface area (Å²) in [5.41, 5.74) is 0.802. The summed E-state index contributed by atoms with van der Waals surface area (Å²) < 4.78 is 6.01. The molecule has 0 aliphatic heterocycles. The van der Waals surface area contributed by atoms with Gasteiger partial charge in [0.1, 0.15) is 0 Å². The van der Waals surface area contributed by atoms with Crippen molar-refractivity contribution in [3.8, 4) is 11.5 Å². The van der Waals surface area contributed by atoms with Gasteiger partial charge in [0.15, 0.2) is 11.5 Å². The zero-order valence-electron chi connectivity index (χ0n) is 11.5. The van der Waals surface area contributed by atoms with Gasteiger partial charge in [-0.1, -0.05) is 29.3 Å². The van der Waals surface area contributed by atoms with E-state index < -0.39 is 0 Å². The number of aromatic hydroxyl groups is 1. The fourth-order valence-corrected chi connectivity index (χ4v) is 2.42. The molecule has 0 heterocycles. The zero-order valence-corrected chi connectivity index (χ0v) is 13.1. The summed E-state index contributed by atoms with van der Waals surface area (Å²) in [6.45, 7) is 4.37. The summed E-state index contributed by atoms with van der Waals surface area (Å²) in [5.74, 6) is 0.633. The maximum Gasteiger partial charge on any atom is 0.162 e. The molecule has 2 N–H and O–H groups in total. The number of nitrogens with zero attached hydrogens (tertiary/aromatic N) is 1. The minimum atomic E-state index is 0.121. The average molecular weight is 332 g/mol. The van der Waals surface area contributed by atoms with Gasteiger partial charge in [-0.3, -0.25) is 4.90 Å². The number of aliphatic hydroxyl groups excluding tert-OH is 1. The number of rotatable bonds is 8. The topological polar surface area (TPSA) is 52.9 Å². The van der Waals surface area contributed by atoms with Crippen LogP contribution in [0.5, 0.6) is 11.5 Å². The van der Waals surface area contributed by atoms with Crippen LogP contribution in [0.3, 0.4) is 0 Å². The first-order chi connectivity index (χ1) is 9.12. The molecule has 0 aromatic heterocycles. The van der Waals surface area contributed by atoms with Crippen LogP contribution in [0.25, 0.3) is 0 Å². The van der Waals surface area contributed by atoms with E-state index in [2.05, 4.69) is 27.8 Å². The van der Waals surface area contributed by atoms with Crippen molar-refractivity contribution in [2.75, 3.05) is 26.8 Å². The lowest BCUT2D eigenvalue weighted by atomic mass is 10.1. The molecule has 108 valence electrons. The van der Waals surface area contributed by atoms with E-state index in [1.54, 1.807) is 6.07 Å². The highest BCUT2D eigenvalue weighted by molar-refractivity contribution is 9.10. The highest BCUT2D eigenvalue weighted by Gasteiger charge is 2.13. The van der Waals surface area contributed by atoms with Crippen molar-refractivity contribution >= 4 is 15.9 Å². The Morgan fingerprint density at radius 3 is 2.63 bits per heavy atom. The number of methoxy groups -OCH3 is 1. The SMILES string of the molecule is CCCCN(CCO)Cc1cc(Br)cc(OC)c1O. The van der Waals surface area contributed by atoms with Crippen LogP contribution in [0.15, 0.2) is 16.6 Å². The van der Waals surface area contributed by atoms with Gasteiger partial charge in [-0.05, 0) is 25.1 Å². The van der Waals surface area contributed by atoms with E-state index in [-0.39, 0.29) is 12.4 Å². The number of hydrogen-bond acceptors (Lipinski definition) is 4. The zero-order chi connectivity index (χ0) is 14.3. The number of benzene rings is 1. The molecule has 0 bridgehead atoms. The van der Waals surface area contributed by atoms with Gasteiger partial charge in [0.2, 0.25) is 0 Å². The van der Waals surface area contributed by atoms with Crippen molar-refractivity contribution in [3.63, 3.8) is 0 Å². The Kier molecular flexibility index (Phi) is 7.20. The van der Waals surface area contributed by atoms with Gasteiger partial charge >= 0.3 is 0 Å². The Labute approximate surface area is 123 Å². The molecule has 1 aromatic rings. The third kappa shape index (κ3) is 5.01. The fourth-order valence-electron chi connectivity index (χ4n) is 1.94. The molecule has 0 saturated carbocycles. The van der Waals surface area contributed by atoms with Gasteiger partial charge in [0, 0.05) is 23.1 Å². The maximum absolute atomic E-state index is 10.1. The Hall–Kier alpha value is -0.780. The first-order valence-corrected chi connectivity index (χ1v) is 7.30. The standard InChI is InChI=1S/C14H22BrNO3/c1-3-4-5-16(6-7-17)10-11-8-12(15)9-13(19-2)14(11)18/h8-9,17-18H,3-7,10H2,1-2H3. The second-order valence-corrected chi connectivity index (χ2v) is 5.38. The molecule has 0 atom stereocenters. The number of unbranched alkanes of at least 4 members (excludes halogenated alkanes) is 1.